The zero-order valence-electron chi connectivity index (χ0n) is 14.9. The van der Waals surface area contributed by atoms with Gasteiger partial charge in [0.1, 0.15) is 5.76 Å². The molecule has 1 N–H and O–H groups in total. The van der Waals surface area contributed by atoms with E-state index in [1.165, 1.54) is 5.56 Å². The molecule has 1 aromatic rings. The first-order chi connectivity index (χ1) is 11.5. The topological polar surface area (TPSA) is 69.8 Å². The van der Waals surface area contributed by atoms with Crippen LogP contribution in [-0.4, -0.2) is 58.8 Å². The van der Waals surface area contributed by atoms with Crippen molar-refractivity contribution in [3.05, 3.63) is 17.0 Å². The fourth-order valence-corrected chi connectivity index (χ4v) is 4.11. The van der Waals surface area contributed by atoms with Crippen molar-refractivity contribution in [3.63, 3.8) is 0 Å². The average Bonchev–Trinajstić information content (AvgIpc) is 2.90. The smallest absolute Gasteiger partial charge is 0.222 e. The Morgan fingerprint density at radius 2 is 2.00 bits per heavy atom. The molecule has 2 fully saturated rings. The first kappa shape index (κ1) is 17.4. The van der Waals surface area contributed by atoms with Crippen LogP contribution in [0, 0.1) is 19.3 Å². The molecule has 1 spiro atoms. The maximum absolute atomic E-state index is 12.1. The van der Waals surface area contributed by atoms with Crippen LogP contribution in [0.15, 0.2) is 4.52 Å². The largest absolute Gasteiger partial charge is 0.396 e. The van der Waals surface area contributed by atoms with Gasteiger partial charge in [-0.3, -0.25) is 9.69 Å². The van der Waals surface area contributed by atoms with Crippen molar-refractivity contribution in [3.8, 4) is 0 Å². The summed E-state index contributed by atoms with van der Waals surface area (Å²) in [4.78, 5) is 16.5. The summed E-state index contributed by atoms with van der Waals surface area (Å²) in [7, 11) is 0. The van der Waals surface area contributed by atoms with E-state index in [1.54, 1.807) is 0 Å². The van der Waals surface area contributed by atoms with Crippen LogP contribution in [0.25, 0.3) is 0 Å². The molecule has 6 heteroatoms. The van der Waals surface area contributed by atoms with Crippen LogP contribution in [0.3, 0.4) is 0 Å². The molecular weight excluding hydrogens is 306 g/mol. The lowest BCUT2D eigenvalue weighted by atomic mass is 9.72. The van der Waals surface area contributed by atoms with E-state index in [9.17, 15) is 4.79 Å². The van der Waals surface area contributed by atoms with E-state index in [4.69, 9.17) is 9.63 Å². The fourth-order valence-electron chi connectivity index (χ4n) is 4.11. The monoisotopic (exact) mass is 335 g/mol. The third kappa shape index (κ3) is 3.64. The number of aryl methyl sites for hydroxylation is 2. The fraction of sp³-hybridized carbons (Fsp3) is 0.778. The van der Waals surface area contributed by atoms with Crippen LogP contribution in [-0.2, 0) is 11.3 Å². The molecule has 1 aromatic heterocycles. The van der Waals surface area contributed by atoms with Crippen LogP contribution < -0.4 is 0 Å². The zero-order chi connectivity index (χ0) is 17.2. The number of carbonyl (C=O) groups is 1. The van der Waals surface area contributed by atoms with E-state index in [1.807, 2.05) is 18.7 Å². The minimum atomic E-state index is 0.155. The standard InChI is InChI=1S/C18H29N3O3/c1-14-16(15(2)24-19-14)12-20-9-6-18(7-10-20)5-4-17(23)21(13-18)8-3-11-22/h22H,3-13H2,1-2H3. The molecule has 2 aliphatic rings. The Morgan fingerprint density at radius 1 is 1.25 bits per heavy atom. The molecular formula is C18H29N3O3. The molecule has 0 aliphatic carbocycles. The van der Waals surface area contributed by atoms with Crippen molar-refractivity contribution in [1.82, 2.24) is 15.0 Å². The first-order valence-electron chi connectivity index (χ1n) is 9.06. The van der Waals surface area contributed by atoms with Crippen LogP contribution in [0.2, 0.25) is 0 Å². The summed E-state index contributed by atoms with van der Waals surface area (Å²) in [6.07, 6.45) is 4.63. The summed E-state index contributed by atoms with van der Waals surface area (Å²) in [5.74, 6) is 1.18. The number of hydrogen-bond acceptors (Lipinski definition) is 5. The minimum Gasteiger partial charge on any atom is -0.396 e. The molecule has 24 heavy (non-hydrogen) atoms. The van der Waals surface area contributed by atoms with Crippen LogP contribution in [0.4, 0.5) is 0 Å². The summed E-state index contributed by atoms with van der Waals surface area (Å²) in [5.41, 5.74) is 2.49. The predicted octanol–water partition coefficient (Wildman–Crippen LogP) is 1.88. The number of nitrogens with zero attached hydrogens (tertiary/aromatic N) is 3. The highest BCUT2D eigenvalue weighted by atomic mass is 16.5. The van der Waals surface area contributed by atoms with Gasteiger partial charge in [-0.1, -0.05) is 5.16 Å². The lowest BCUT2D eigenvalue weighted by Crippen LogP contribution is -2.51. The van der Waals surface area contributed by atoms with E-state index < -0.39 is 0 Å². The summed E-state index contributed by atoms with van der Waals surface area (Å²) in [6.45, 7) is 8.73. The van der Waals surface area contributed by atoms with Gasteiger partial charge in [0.2, 0.25) is 5.91 Å². The Bertz CT molecular complexity index is 557. The van der Waals surface area contributed by atoms with Crippen LogP contribution in [0.1, 0.15) is 49.1 Å². The van der Waals surface area contributed by atoms with E-state index in [-0.39, 0.29) is 17.9 Å². The Balaban J connectivity index is 1.57. The second-order valence-corrected chi connectivity index (χ2v) is 7.47. The van der Waals surface area contributed by atoms with E-state index in [0.29, 0.717) is 19.4 Å². The number of amides is 1. The van der Waals surface area contributed by atoms with Crippen molar-refractivity contribution < 1.29 is 14.4 Å². The molecule has 3 heterocycles. The van der Waals surface area contributed by atoms with E-state index >= 15 is 0 Å². The summed E-state index contributed by atoms with van der Waals surface area (Å²) < 4.78 is 5.27. The third-order valence-electron chi connectivity index (χ3n) is 5.81. The average molecular weight is 335 g/mol. The van der Waals surface area contributed by atoms with Gasteiger partial charge >= 0.3 is 0 Å². The first-order valence-corrected chi connectivity index (χ1v) is 9.06. The molecule has 0 radical (unpaired) electrons. The normalized spacial score (nSPS) is 21.6. The molecule has 134 valence electrons. The summed E-state index contributed by atoms with van der Waals surface area (Å²) >= 11 is 0. The maximum atomic E-state index is 12.1. The van der Waals surface area contributed by atoms with Crippen molar-refractivity contribution in [2.45, 2.75) is 52.5 Å². The number of hydrogen-bond donors (Lipinski definition) is 1. The number of piperidine rings is 2. The highest BCUT2D eigenvalue weighted by Crippen LogP contribution is 2.40. The Hall–Kier alpha value is -1.40. The molecule has 0 saturated carbocycles. The second-order valence-electron chi connectivity index (χ2n) is 7.47. The van der Waals surface area contributed by atoms with Gasteiger partial charge in [0.15, 0.2) is 0 Å². The maximum Gasteiger partial charge on any atom is 0.222 e. The number of aliphatic hydroxyl groups is 1. The molecule has 0 unspecified atom stereocenters. The lowest BCUT2D eigenvalue weighted by Gasteiger charge is -2.47. The van der Waals surface area contributed by atoms with Gasteiger partial charge in [0.25, 0.3) is 0 Å². The quantitative estimate of drug-likeness (QED) is 0.890. The van der Waals surface area contributed by atoms with E-state index in [2.05, 4.69) is 10.1 Å². The van der Waals surface area contributed by atoms with Crippen molar-refractivity contribution >= 4 is 5.91 Å². The number of aliphatic hydroxyl groups excluding tert-OH is 1. The molecule has 1 amide bonds. The van der Waals surface area contributed by atoms with Crippen LogP contribution >= 0.6 is 0 Å². The lowest BCUT2D eigenvalue weighted by molar-refractivity contribution is -0.139. The SMILES string of the molecule is Cc1noc(C)c1CN1CCC2(CCC(=O)N(CCCO)C2)CC1. The molecule has 0 atom stereocenters. The van der Waals surface area contributed by atoms with Crippen LogP contribution in [0.5, 0.6) is 0 Å². The molecule has 2 aliphatic heterocycles. The van der Waals surface area contributed by atoms with Gasteiger partial charge in [-0.15, -0.1) is 0 Å². The minimum absolute atomic E-state index is 0.155. The highest BCUT2D eigenvalue weighted by molar-refractivity contribution is 5.77. The highest BCUT2D eigenvalue weighted by Gasteiger charge is 2.40. The Labute approximate surface area is 143 Å². The van der Waals surface area contributed by atoms with Gasteiger partial charge in [-0.2, -0.15) is 0 Å². The Morgan fingerprint density at radius 3 is 2.62 bits per heavy atom. The zero-order valence-corrected chi connectivity index (χ0v) is 14.9. The van der Waals surface area contributed by atoms with Gasteiger partial charge in [0.05, 0.1) is 5.69 Å². The van der Waals surface area contributed by atoms with Gasteiger partial charge in [-0.05, 0) is 58.0 Å². The van der Waals surface area contributed by atoms with Crippen molar-refractivity contribution in [2.75, 3.05) is 32.8 Å². The molecule has 3 rings (SSSR count). The number of carbonyl (C=O) groups excluding carboxylic acids is 1. The predicted molar refractivity (Wildman–Crippen MR) is 90.4 cm³/mol. The second kappa shape index (κ2) is 7.23. The third-order valence-corrected chi connectivity index (χ3v) is 5.81. The van der Waals surface area contributed by atoms with Gasteiger partial charge < -0.3 is 14.5 Å². The van der Waals surface area contributed by atoms with Gasteiger partial charge in [0, 0.05) is 38.2 Å². The summed E-state index contributed by atoms with van der Waals surface area (Å²) in [6, 6.07) is 0. The molecule has 0 aromatic carbocycles. The molecule has 2 saturated heterocycles. The molecule has 0 bridgehead atoms. The van der Waals surface area contributed by atoms with E-state index in [0.717, 1.165) is 56.9 Å². The summed E-state index contributed by atoms with van der Waals surface area (Å²) in [5, 5.41) is 13.1. The van der Waals surface area contributed by atoms with Gasteiger partial charge in [-0.25, -0.2) is 0 Å². The number of rotatable bonds is 5. The Kier molecular flexibility index (Phi) is 5.25. The number of likely N-dealkylation sites (tertiary alicyclic amines) is 2. The van der Waals surface area contributed by atoms with Crippen molar-refractivity contribution in [1.29, 1.82) is 0 Å². The van der Waals surface area contributed by atoms with Crippen molar-refractivity contribution in [2.24, 2.45) is 5.41 Å². The number of aromatic nitrogens is 1. The molecule has 6 nitrogen and oxygen atoms in total.